The average molecular weight is 412 g/mol. The van der Waals surface area contributed by atoms with E-state index in [-0.39, 0.29) is 24.4 Å². The van der Waals surface area contributed by atoms with Gasteiger partial charge in [-0.15, -0.1) is 0 Å². The van der Waals surface area contributed by atoms with Gasteiger partial charge in [0.15, 0.2) is 11.7 Å². The SMILES string of the molecule is Cc1ccc(-c2cnc(CCC(=O)NCC#Cc3cccc(C(F)(F)F)c3)o2)cc1. The van der Waals surface area contributed by atoms with Crippen molar-refractivity contribution in [2.75, 3.05) is 6.54 Å². The van der Waals surface area contributed by atoms with Crippen LogP contribution in [0.4, 0.5) is 13.2 Å². The fourth-order valence-corrected chi connectivity index (χ4v) is 2.65. The van der Waals surface area contributed by atoms with Crippen LogP contribution in [0, 0.1) is 18.8 Å². The maximum Gasteiger partial charge on any atom is 0.416 e. The molecule has 0 saturated carbocycles. The molecule has 0 saturated heterocycles. The number of carbonyl (C=O) groups is 1. The summed E-state index contributed by atoms with van der Waals surface area (Å²) in [6.45, 7) is 2.04. The Bertz CT molecular complexity index is 1070. The molecular weight excluding hydrogens is 393 g/mol. The van der Waals surface area contributed by atoms with Gasteiger partial charge in [-0.25, -0.2) is 4.98 Å². The van der Waals surface area contributed by atoms with Gasteiger partial charge in [0, 0.05) is 24.0 Å². The number of oxazole rings is 1. The van der Waals surface area contributed by atoms with E-state index in [1.807, 2.05) is 31.2 Å². The first-order valence-electron chi connectivity index (χ1n) is 9.26. The lowest BCUT2D eigenvalue weighted by Crippen LogP contribution is -2.23. The van der Waals surface area contributed by atoms with E-state index >= 15 is 0 Å². The first kappa shape index (κ1) is 21.2. The van der Waals surface area contributed by atoms with Crippen molar-refractivity contribution in [1.82, 2.24) is 10.3 Å². The fourth-order valence-electron chi connectivity index (χ4n) is 2.65. The Morgan fingerprint density at radius 2 is 1.93 bits per heavy atom. The number of aryl methyl sites for hydroxylation is 2. The topological polar surface area (TPSA) is 55.1 Å². The van der Waals surface area contributed by atoms with E-state index in [4.69, 9.17) is 4.42 Å². The van der Waals surface area contributed by atoms with Crippen molar-refractivity contribution in [2.24, 2.45) is 0 Å². The van der Waals surface area contributed by atoms with Crippen LogP contribution < -0.4 is 5.32 Å². The predicted molar refractivity (Wildman–Crippen MR) is 106 cm³/mol. The van der Waals surface area contributed by atoms with Gasteiger partial charge in [0.2, 0.25) is 5.91 Å². The maximum atomic E-state index is 12.7. The number of amides is 1. The van der Waals surface area contributed by atoms with Crippen molar-refractivity contribution in [3.63, 3.8) is 0 Å². The van der Waals surface area contributed by atoms with Gasteiger partial charge in [-0.1, -0.05) is 47.7 Å². The zero-order valence-electron chi connectivity index (χ0n) is 16.2. The molecule has 2 aromatic carbocycles. The third-order valence-electron chi connectivity index (χ3n) is 4.25. The minimum atomic E-state index is -4.41. The van der Waals surface area contributed by atoms with Gasteiger partial charge in [0.1, 0.15) is 0 Å². The average Bonchev–Trinajstić information content (AvgIpc) is 3.19. The number of aromatic nitrogens is 1. The molecule has 0 unspecified atom stereocenters. The number of halogens is 3. The first-order chi connectivity index (χ1) is 14.3. The van der Waals surface area contributed by atoms with Gasteiger partial charge in [-0.3, -0.25) is 4.79 Å². The molecule has 0 radical (unpaired) electrons. The lowest BCUT2D eigenvalue weighted by Gasteiger charge is -2.05. The normalized spacial score (nSPS) is 10.9. The minimum absolute atomic E-state index is 0.0370. The molecule has 1 amide bonds. The highest BCUT2D eigenvalue weighted by Gasteiger charge is 2.30. The molecule has 0 spiro atoms. The summed E-state index contributed by atoms with van der Waals surface area (Å²) in [5, 5.41) is 2.61. The quantitative estimate of drug-likeness (QED) is 0.615. The highest BCUT2D eigenvalue weighted by molar-refractivity contribution is 5.76. The Morgan fingerprint density at radius 1 is 1.17 bits per heavy atom. The summed E-state index contributed by atoms with van der Waals surface area (Å²) >= 11 is 0. The molecule has 154 valence electrons. The Morgan fingerprint density at radius 3 is 2.67 bits per heavy atom. The van der Waals surface area contributed by atoms with Gasteiger partial charge in [-0.2, -0.15) is 13.2 Å². The standard InChI is InChI=1S/C23H19F3N2O2/c1-16-7-9-18(10-8-16)20-15-28-22(30-20)12-11-21(29)27-13-3-5-17-4-2-6-19(14-17)23(24,25)26/h2,4,6-10,14-15H,11-13H2,1H3,(H,27,29). The van der Waals surface area contributed by atoms with E-state index in [0.717, 1.165) is 23.3 Å². The summed E-state index contributed by atoms with van der Waals surface area (Å²) in [6, 6.07) is 12.6. The molecule has 1 aromatic heterocycles. The van der Waals surface area contributed by atoms with Gasteiger partial charge >= 0.3 is 6.18 Å². The van der Waals surface area contributed by atoms with E-state index in [2.05, 4.69) is 22.1 Å². The van der Waals surface area contributed by atoms with Crippen LogP contribution >= 0.6 is 0 Å². The highest BCUT2D eigenvalue weighted by atomic mass is 19.4. The first-order valence-corrected chi connectivity index (χ1v) is 9.26. The Balaban J connectivity index is 1.46. The zero-order chi connectivity index (χ0) is 21.6. The summed E-state index contributed by atoms with van der Waals surface area (Å²) < 4.78 is 43.7. The molecule has 0 aliphatic carbocycles. The largest absolute Gasteiger partial charge is 0.441 e. The monoisotopic (exact) mass is 412 g/mol. The number of carbonyl (C=O) groups excluding carboxylic acids is 1. The molecule has 30 heavy (non-hydrogen) atoms. The minimum Gasteiger partial charge on any atom is -0.441 e. The molecule has 7 heteroatoms. The van der Waals surface area contributed by atoms with Crippen LogP contribution in [0.2, 0.25) is 0 Å². The number of hydrogen-bond donors (Lipinski definition) is 1. The van der Waals surface area contributed by atoms with Crippen LogP contribution in [0.1, 0.15) is 29.0 Å². The molecule has 3 aromatic rings. The van der Waals surface area contributed by atoms with E-state index < -0.39 is 11.7 Å². The van der Waals surface area contributed by atoms with Crippen LogP contribution in [-0.2, 0) is 17.4 Å². The Kier molecular flexibility index (Phi) is 6.58. The van der Waals surface area contributed by atoms with Crippen molar-refractivity contribution < 1.29 is 22.4 Å². The molecule has 1 N–H and O–H groups in total. The van der Waals surface area contributed by atoms with Crippen molar-refractivity contribution in [2.45, 2.75) is 25.9 Å². The number of hydrogen-bond acceptors (Lipinski definition) is 3. The van der Waals surface area contributed by atoms with Crippen molar-refractivity contribution in [3.8, 4) is 23.2 Å². The van der Waals surface area contributed by atoms with Crippen LogP contribution in [-0.4, -0.2) is 17.4 Å². The molecule has 4 nitrogen and oxygen atoms in total. The summed E-state index contributed by atoms with van der Waals surface area (Å²) in [6.07, 6.45) is -2.29. The third kappa shape index (κ3) is 5.98. The van der Waals surface area contributed by atoms with Crippen molar-refractivity contribution in [3.05, 3.63) is 77.3 Å². The van der Waals surface area contributed by atoms with E-state index in [1.165, 1.54) is 12.1 Å². The van der Waals surface area contributed by atoms with E-state index in [0.29, 0.717) is 18.1 Å². The lowest BCUT2D eigenvalue weighted by molar-refractivity contribution is -0.137. The summed E-state index contributed by atoms with van der Waals surface area (Å²) in [5.74, 6) is 6.11. The summed E-state index contributed by atoms with van der Waals surface area (Å²) in [7, 11) is 0. The van der Waals surface area contributed by atoms with Crippen molar-refractivity contribution >= 4 is 5.91 Å². The number of alkyl halides is 3. The predicted octanol–water partition coefficient (Wildman–Crippen LogP) is 4.77. The summed E-state index contributed by atoms with van der Waals surface area (Å²) in [5.41, 5.74) is 1.54. The number of rotatable bonds is 5. The highest BCUT2D eigenvalue weighted by Crippen LogP contribution is 2.29. The molecular formula is C23H19F3N2O2. The smallest absolute Gasteiger partial charge is 0.416 e. The molecule has 3 rings (SSSR count). The third-order valence-corrected chi connectivity index (χ3v) is 4.25. The lowest BCUT2D eigenvalue weighted by atomic mass is 10.1. The molecule has 0 aliphatic heterocycles. The van der Waals surface area contributed by atoms with Crippen LogP contribution in [0.15, 0.2) is 59.1 Å². The second-order valence-electron chi connectivity index (χ2n) is 6.64. The van der Waals surface area contributed by atoms with E-state index in [9.17, 15) is 18.0 Å². The Hall–Kier alpha value is -3.53. The van der Waals surface area contributed by atoms with Gasteiger partial charge in [0.25, 0.3) is 0 Å². The molecule has 0 atom stereocenters. The van der Waals surface area contributed by atoms with Gasteiger partial charge in [-0.05, 0) is 25.1 Å². The van der Waals surface area contributed by atoms with E-state index in [1.54, 1.807) is 6.20 Å². The second-order valence-corrected chi connectivity index (χ2v) is 6.64. The maximum absolute atomic E-state index is 12.7. The van der Waals surface area contributed by atoms with Crippen LogP contribution in [0.5, 0.6) is 0 Å². The molecule has 1 heterocycles. The van der Waals surface area contributed by atoms with Gasteiger partial charge < -0.3 is 9.73 Å². The second kappa shape index (κ2) is 9.31. The van der Waals surface area contributed by atoms with Crippen LogP contribution in [0.25, 0.3) is 11.3 Å². The Labute approximate surface area is 172 Å². The molecule has 0 fully saturated rings. The number of nitrogens with zero attached hydrogens (tertiary/aromatic N) is 1. The van der Waals surface area contributed by atoms with Crippen LogP contribution in [0.3, 0.4) is 0 Å². The number of benzene rings is 2. The summed E-state index contributed by atoms with van der Waals surface area (Å²) in [4.78, 5) is 16.1. The molecule has 0 bridgehead atoms. The zero-order valence-corrected chi connectivity index (χ0v) is 16.2. The fraction of sp³-hybridized carbons (Fsp3) is 0.217. The number of nitrogens with one attached hydrogen (secondary N) is 1. The van der Waals surface area contributed by atoms with Crippen molar-refractivity contribution in [1.29, 1.82) is 0 Å². The molecule has 0 aliphatic rings. The van der Waals surface area contributed by atoms with Gasteiger partial charge in [0.05, 0.1) is 18.3 Å².